The van der Waals surface area contributed by atoms with E-state index >= 15 is 0 Å². The van der Waals surface area contributed by atoms with Crippen molar-refractivity contribution in [3.63, 3.8) is 0 Å². The molecule has 1 aromatic heterocycles. The Bertz CT molecular complexity index is 1940. The normalized spacial score (nSPS) is 14.2. The van der Waals surface area contributed by atoms with Gasteiger partial charge in [0.05, 0.1) is 56.0 Å². The van der Waals surface area contributed by atoms with E-state index in [0.717, 1.165) is 36.6 Å². The summed E-state index contributed by atoms with van der Waals surface area (Å²) < 4.78 is 16.8. The molecule has 60 heavy (non-hydrogen) atoms. The van der Waals surface area contributed by atoms with Gasteiger partial charge in [-0.25, -0.2) is 9.59 Å². The first-order chi connectivity index (χ1) is 28.9. The minimum absolute atomic E-state index is 0.0461. The number of carboxylic acids is 2. The number of benzene rings is 2. The van der Waals surface area contributed by atoms with Crippen molar-refractivity contribution < 1.29 is 62.5 Å². The molecule has 324 valence electrons. The third-order valence-corrected chi connectivity index (χ3v) is 9.79. The van der Waals surface area contributed by atoms with Crippen molar-refractivity contribution in [2.45, 2.75) is 77.9 Å². The summed E-state index contributed by atoms with van der Waals surface area (Å²) in [6.07, 6.45) is 2.63. The highest BCUT2D eigenvalue weighted by molar-refractivity contribution is 6.00. The lowest BCUT2D eigenvalue weighted by molar-refractivity contribution is -0.171. The number of hydroxylamine groups is 2. The average molecular weight is 836 g/mol. The van der Waals surface area contributed by atoms with Gasteiger partial charge in [0.2, 0.25) is 12.3 Å². The molecule has 2 aromatic carbocycles. The van der Waals surface area contributed by atoms with Crippen molar-refractivity contribution in [2.24, 2.45) is 5.92 Å². The number of carbonyl (C=O) groups is 7. The number of ether oxygens (including phenoxy) is 2. The van der Waals surface area contributed by atoms with Crippen LogP contribution in [-0.2, 0) is 35.3 Å². The third kappa shape index (κ3) is 13.4. The summed E-state index contributed by atoms with van der Waals surface area (Å²) in [6.45, 7) is 9.02. The topological polar surface area (TPSA) is 243 Å². The number of nitrogens with one attached hydrogen (secondary N) is 3. The first-order valence-electron chi connectivity index (χ1n) is 19.9. The van der Waals surface area contributed by atoms with Crippen molar-refractivity contribution in [1.82, 2.24) is 25.9 Å². The average Bonchev–Trinajstić information content (AvgIpc) is 3.74. The standard InChI is InChI=1S/C42H53N5O13/c1-4-7-8-9-30(33(5-2)47(26-48)60-42(56)28-12-10-27(11-13-28)24-46-18-20-57-21-19-46)38(51)43-25-44-40(53)35-17-16-34(59-35)29-14-15-31(36(22-29)58-6-3)39(52)45-32(41(54)55)23-37(49)50/h10-17,22,26,30,32-33H,4-9,18-21,23-25H2,1-3H3,(H,43,51)(H,44,53)(H,45,52)(H,49,50)(H,54,55)/t30-,32+,33-/m1/s1. The van der Waals surface area contributed by atoms with Gasteiger partial charge < -0.3 is 44.9 Å². The molecule has 1 aliphatic heterocycles. The summed E-state index contributed by atoms with van der Waals surface area (Å²) in [6, 6.07) is 11.7. The van der Waals surface area contributed by atoms with E-state index in [4.69, 9.17) is 23.8 Å². The number of amides is 4. The number of carbonyl (C=O) groups excluding carboxylic acids is 5. The van der Waals surface area contributed by atoms with Crippen LogP contribution in [0.1, 0.15) is 96.1 Å². The summed E-state index contributed by atoms with van der Waals surface area (Å²) in [4.78, 5) is 95.5. The molecular weight excluding hydrogens is 782 g/mol. The highest BCUT2D eigenvalue weighted by atomic mass is 16.7. The predicted molar refractivity (Wildman–Crippen MR) is 214 cm³/mol. The largest absolute Gasteiger partial charge is 0.493 e. The third-order valence-electron chi connectivity index (χ3n) is 9.79. The second kappa shape index (κ2) is 23.4. The van der Waals surface area contributed by atoms with Crippen LogP contribution >= 0.6 is 0 Å². The Labute approximate surface area is 347 Å². The van der Waals surface area contributed by atoms with E-state index in [1.807, 2.05) is 19.1 Å². The molecule has 0 spiro atoms. The van der Waals surface area contributed by atoms with E-state index in [1.165, 1.54) is 30.3 Å². The van der Waals surface area contributed by atoms with E-state index in [-0.39, 0.29) is 41.7 Å². The number of carboxylic acid groups (broad SMARTS) is 2. The number of furan rings is 1. The molecule has 3 atom stereocenters. The smallest absolute Gasteiger partial charge is 0.363 e. The quantitative estimate of drug-likeness (QED) is 0.0373. The number of aliphatic carboxylic acids is 2. The number of morpholine rings is 1. The van der Waals surface area contributed by atoms with Crippen LogP contribution in [-0.4, -0.2) is 114 Å². The van der Waals surface area contributed by atoms with Crippen LogP contribution < -0.4 is 20.7 Å². The molecule has 0 saturated carbocycles. The van der Waals surface area contributed by atoms with E-state index < -0.39 is 60.1 Å². The molecule has 1 saturated heterocycles. The van der Waals surface area contributed by atoms with Gasteiger partial charge in [0.25, 0.3) is 11.8 Å². The summed E-state index contributed by atoms with van der Waals surface area (Å²) in [5, 5.41) is 26.7. The number of rotatable bonds is 24. The fraction of sp³-hybridized carbons (Fsp3) is 0.452. The maximum Gasteiger partial charge on any atom is 0.363 e. The molecule has 3 aromatic rings. The molecule has 0 radical (unpaired) electrons. The first-order valence-corrected chi connectivity index (χ1v) is 19.9. The number of unbranched alkanes of at least 4 members (excludes halogenated alkanes) is 2. The van der Waals surface area contributed by atoms with Gasteiger partial charge >= 0.3 is 17.9 Å². The van der Waals surface area contributed by atoms with E-state index in [1.54, 1.807) is 26.0 Å². The summed E-state index contributed by atoms with van der Waals surface area (Å²) in [5.41, 5.74) is 1.62. The van der Waals surface area contributed by atoms with Gasteiger partial charge in [0.15, 0.2) is 5.76 Å². The molecular formula is C42H53N5O13. The van der Waals surface area contributed by atoms with Crippen LogP contribution in [0.2, 0.25) is 0 Å². The van der Waals surface area contributed by atoms with Crippen molar-refractivity contribution in [3.05, 3.63) is 77.0 Å². The number of nitrogens with zero attached hydrogens (tertiary/aromatic N) is 2. The van der Waals surface area contributed by atoms with Crippen LogP contribution in [0.25, 0.3) is 11.3 Å². The molecule has 1 aliphatic rings. The van der Waals surface area contributed by atoms with Crippen LogP contribution in [0, 0.1) is 5.92 Å². The summed E-state index contributed by atoms with van der Waals surface area (Å²) >= 11 is 0. The van der Waals surface area contributed by atoms with Crippen LogP contribution in [0.4, 0.5) is 0 Å². The molecule has 4 rings (SSSR count). The molecule has 0 unspecified atom stereocenters. The van der Waals surface area contributed by atoms with Gasteiger partial charge in [-0.1, -0.05) is 51.3 Å². The highest BCUT2D eigenvalue weighted by Gasteiger charge is 2.34. The van der Waals surface area contributed by atoms with Crippen molar-refractivity contribution in [3.8, 4) is 17.1 Å². The van der Waals surface area contributed by atoms with Crippen LogP contribution in [0.15, 0.2) is 59.0 Å². The van der Waals surface area contributed by atoms with Crippen molar-refractivity contribution >= 4 is 42.0 Å². The minimum atomic E-state index is -1.67. The maximum absolute atomic E-state index is 13.6. The zero-order valence-electron chi connectivity index (χ0n) is 34.0. The Hall–Kier alpha value is -6.27. The predicted octanol–water partition coefficient (Wildman–Crippen LogP) is 3.84. The van der Waals surface area contributed by atoms with Crippen LogP contribution in [0.3, 0.4) is 0 Å². The Balaban J connectivity index is 1.38. The lowest BCUT2D eigenvalue weighted by Crippen LogP contribution is -2.49. The minimum Gasteiger partial charge on any atom is -0.493 e. The fourth-order valence-electron chi connectivity index (χ4n) is 6.63. The molecule has 18 heteroatoms. The SMILES string of the molecule is CCCCC[C@@H](C(=O)NCNC(=O)c1ccc(-c2ccc(C(=O)N[C@@H](CC(=O)O)C(=O)O)c(OCC)c2)o1)[C@@H](CC)N(C=O)OC(=O)c1ccc(CN2CCOCC2)cc1. The Morgan fingerprint density at radius 2 is 1.65 bits per heavy atom. The maximum atomic E-state index is 13.6. The lowest BCUT2D eigenvalue weighted by atomic mass is 9.90. The zero-order chi connectivity index (χ0) is 43.6. The summed E-state index contributed by atoms with van der Waals surface area (Å²) in [7, 11) is 0. The molecule has 4 amide bonds. The van der Waals surface area contributed by atoms with Gasteiger partial charge in [0.1, 0.15) is 17.6 Å². The van der Waals surface area contributed by atoms with Crippen LogP contribution in [0.5, 0.6) is 5.75 Å². The fourth-order valence-corrected chi connectivity index (χ4v) is 6.63. The Morgan fingerprint density at radius 3 is 2.28 bits per heavy atom. The zero-order valence-corrected chi connectivity index (χ0v) is 34.0. The van der Waals surface area contributed by atoms with Gasteiger partial charge in [-0.15, -0.1) is 0 Å². The second-order valence-corrected chi connectivity index (χ2v) is 14.0. The molecule has 18 nitrogen and oxygen atoms in total. The Kier molecular flexibility index (Phi) is 18.1. The van der Waals surface area contributed by atoms with Crippen molar-refractivity contribution in [2.75, 3.05) is 39.6 Å². The van der Waals surface area contributed by atoms with E-state index in [9.17, 15) is 38.7 Å². The van der Waals surface area contributed by atoms with Gasteiger partial charge in [-0.05, 0) is 61.7 Å². The highest BCUT2D eigenvalue weighted by Crippen LogP contribution is 2.29. The van der Waals surface area contributed by atoms with E-state index in [2.05, 4.69) is 20.9 Å². The van der Waals surface area contributed by atoms with Gasteiger partial charge in [-0.2, -0.15) is 5.06 Å². The number of hydrogen-bond acceptors (Lipinski definition) is 12. The molecule has 2 heterocycles. The molecule has 0 bridgehead atoms. The molecule has 5 N–H and O–H groups in total. The number of hydrogen-bond donors (Lipinski definition) is 5. The van der Waals surface area contributed by atoms with Gasteiger partial charge in [-0.3, -0.25) is 28.9 Å². The monoisotopic (exact) mass is 835 g/mol. The lowest BCUT2D eigenvalue weighted by Gasteiger charge is -2.31. The van der Waals surface area contributed by atoms with Gasteiger partial charge in [0, 0.05) is 25.2 Å². The first kappa shape index (κ1) is 46.4. The van der Waals surface area contributed by atoms with Crippen molar-refractivity contribution in [1.29, 1.82) is 0 Å². The van der Waals surface area contributed by atoms with E-state index in [0.29, 0.717) is 51.0 Å². The molecule has 0 aliphatic carbocycles. The molecule has 1 fully saturated rings. The second-order valence-electron chi connectivity index (χ2n) is 14.0. The Morgan fingerprint density at radius 1 is 0.917 bits per heavy atom. The summed E-state index contributed by atoms with van der Waals surface area (Å²) in [5.74, 6) is -6.23.